The monoisotopic (exact) mass is 296 g/mol. The Morgan fingerprint density at radius 2 is 2.23 bits per heavy atom. The lowest BCUT2D eigenvalue weighted by atomic mass is 10.2. The van der Waals surface area contributed by atoms with Gasteiger partial charge in [0.1, 0.15) is 12.5 Å². The first-order chi connectivity index (χ1) is 10.6. The van der Waals surface area contributed by atoms with Gasteiger partial charge in [-0.15, -0.1) is 0 Å². The van der Waals surface area contributed by atoms with Crippen molar-refractivity contribution in [3.05, 3.63) is 53.4 Å². The van der Waals surface area contributed by atoms with Gasteiger partial charge in [0.25, 0.3) is 0 Å². The van der Waals surface area contributed by atoms with Gasteiger partial charge < -0.3 is 14.5 Å². The minimum Gasteiger partial charge on any atom is -0.449 e. The van der Waals surface area contributed by atoms with Crippen molar-refractivity contribution in [2.75, 3.05) is 0 Å². The molecule has 3 N–H and O–H groups in total. The molecule has 0 fully saturated rings. The van der Waals surface area contributed by atoms with Gasteiger partial charge in [0.05, 0.1) is 29.1 Å². The molecule has 2 unspecified atom stereocenters. The average molecular weight is 296 g/mol. The molecule has 6 heteroatoms. The highest BCUT2D eigenvalue weighted by Crippen LogP contribution is 2.22. The number of hydrogen-bond donors (Lipinski definition) is 3. The summed E-state index contributed by atoms with van der Waals surface area (Å²) in [5, 5.41) is 23.2. The number of hydrogen-bond acceptors (Lipinski definition) is 5. The molecule has 0 spiro atoms. The second kappa shape index (κ2) is 5.64. The lowest BCUT2D eigenvalue weighted by Crippen LogP contribution is -2.24. The number of aromatic amines is 1. The molecule has 2 aromatic heterocycles. The minimum absolute atomic E-state index is 0.159. The Kier molecular flexibility index (Phi) is 3.67. The molecule has 0 aliphatic heterocycles. The van der Waals surface area contributed by atoms with Crippen LogP contribution in [0, 0.1) is 18.3 Å². The Morgan fingerprint density at radius 1 is 1.41 bits per heavy atom. The number of nitriles is 1. The molecule has 1 aromatic carbocycles. The summed E-state index contributed by atoms with van der Waals surface area (Å²) < 4.78 is 5.18. The quantitative estimate of drug-likeness (QED) is 0.643. The summed E-state index contributed by atoms with van der Waals surface area (Å²) in [6.45, 7) is 3.67. The molecule has 22 heavy (non-hydrogen) atoms. The number of nitrogens with zero attached hydrogens (tertiary/aromatic N) is 2. The Morgan fingerprint density at radius 3 is 2.91 bits per heavy atom. The van der Waals surface area contributed by atoms with Crippen LogP contribution in [0.4, 0.5) is 0 Å². The van der Waals surface area contributed by atoms with Crippen molar-refractivity contribution in [3.8, 4) is 6.07 Å². The molecule has 3 aromatic rings. The van der Waals surface area contributed by atoms with Gasteiger partial charge in [-0.25, -0.2) is 4.98 Å². The van der Waals surface area contributed by atoms with E-state index in [2.05, 4.69) is 21.4 Å². The predicted molar refractivity (Wildman–Crippen MR) is 80.8 cm³/mol. The van der Waals surface area contributed by atoms with Gasteiger partial charge in [0.15, 0.2) is 5.89 Å². The van der Waals surface area contributed by atoms with E-state index in [1.165, 1.54) is 0 Å². The largest absolute Gasteiger partial charge is 0.449 e. The van der Waals surface area contributed by atoms with E-state index >= 15 is 0 Å². The summed E-state index contributed by atoms with van der Waals surface area (Å²) in [5.74, 6) is 0.591. The lowest BCUT2D eigenvalue weighted by molar-refractivity contribution is 0.122. The Labute approximate surface area is 127 Å². The van der Waals surface area contributed by atoms with E-state index in [4.69, 9.17) is 9.68 Å². The van der Waals surface area contributed by atoms with E-state index in [1.54, 1.807) is 25.3 Å². The summed E-state index contributed by atoms with van der Waals surface area (Å²) in [6, 6.07) is 9.12. The fraction of sp³-hybridized carbons (Fsp3) is 0.250. The van der Waals surface area contributed by atoms with Crippen molar-refractivity contribution in [1.82, 2.24) is 15.3 Å². The number of H-pyrrole nitrogens is 1. The zero-order chi connectivity index (χ0) is 15.7. The van der Waals surface area contributed by atoms with Crippen LogP contribution < -0.4 is 5.32 Å². The Hall–Kier alpha value is -2.62. The molecule has 0 aliphatic carbocycles. The van der Waals surface area contributed by atoms with E-state index in [0.717, 1.165) is 16.6 Å². The summed E-state index contributed by atoms with van der Waals surface area (Å²) in [6.07, 6.45) is 0.703. The third-order valence-corrected chi connectivity index (χ3v) is 3.55. The number of nitrogens with one attached hydrogen (secondary N) is 2. The molecular formula is C16H16N4O2. The highest BCUT2D eigenvalue weighted by Gasteiger charge is 2.17. The van der Waals surface area contributed by atoms with Crippen molar-refractivity contribution < 1.29 is 9.52 Å². The standard InChI is InChI=1S/C16H16N4O2/c1-9(15-8-22-10(2)19-15)18-16(21)14-6-12-5-11(7-17)3-4-13(12)20-14/h3-6,8-9,16,18,20-21H,1-2H3. The number of benzene rings is 1. The van der Waals surface area contributed by atoms with Crippen LogP contribution in [0.1, 0.15) is 42.0 Å². The van der Waals surface area contributed by atoms with E-state index in [1.807, 2.05) is 19.1 Å². The Bertz CT molecular complexity index is 843. The van der Waals surface area contributed by atoms with Crippen LogP contribution in [-0.2, 0) is 0 Å². The van der Waals surface area contributed by atoms with Gasteiger partial charge in [0, 0.05) is 17.8 Å². The van der Waals surface area contributed by atoms with Gasteiger partial charge in [-0.1, -0.05) is 0 Å². The number of aryl methyl sites for hydroxylation is 1. The molecule has 3 rings (SSSR count). The van der Waals surface area contributed by atoms with Gasteiger partial charge in [-0.3, -0.25) is 5.32 Å². The first-order valence-electron chi connectivity index (χ1n) is 6.95. The zero-order valence-corrected chi connectivity index (χ0v) is 12.3. The first kappa shape index (κ1) is 14.3. The summed E-state index contributed by atoms with van der Waals surface area (Å²) in [4.78, 5) is 7.38. The molecule has 2 heterocycles. The maximum absolute atomic E-state index is 10.3. The number of aliphatic hydroxyl groups excluding tert-OH is 1. The maximum Gasteiger partial charge on any atom is 0.191 e. The van der Waals surface area contributed by atoms with Crippen LogP contribution in [0.5, 0.6) is 0 Å². The minimum atomic E-state index is -0.870. The number of aliphatic hydroxyl groups is 1. The lowest BCUT2D eigenvalue weighted by Gasteiger charge is -2.16. The Balaban J connectivity index is 1.80. The second-order valence-corrected chi connectivity index (χ2v) is 5.22. The number of fused-ring (bicyclic) bond motifs is 1. The fourth-order valence-electron chi connectivity index (χ4n) is 2.36. The molecule has 6 nitrogen and oxygen atoms in total. The number of aromatic nitrogens is 2. The van der Waals surface area contributed by atoms with Crippen molar-refractivity contribution in [2.24, 2.45) is 0 Å². The molecule has 2 atom stereocenters. The van der Waals surface area contributed by atoms with Crippen molar-refractivity contribution >= 4 is 10.9 Å². The molecular weight excluding hydrogens is 280 g/mol. The third kappa shape index (κ3) is 2.72. The van der Waals surface area contributed by atoms with Gasteiger partial charge >= 0.3 is 0 Å². The molecule has 0 saturated carbocycles. The first-order valence-corrected chi connectivity index (χ1v) is 6.95. The molecule has 0 aliphatic rings. The third-order valence-electron chi connectivity index (χ3n) is 3.55. The van der Waals surface area contributed by atoms with Crippen LogP contribution in [0.3, 0.4) is 0 Å². The normalized spacial score (nSPS) is 13.9. The fourth-order valence-corrected chi connectivity index (χ4v) is 2.36. The van der Waals surface area contributed by atoms with E-state index in [0.29, 0.717) is 17.1 Å². The van der Waals surface area contributed by atoms with Crippen LogP contribution in [0.2, 0.25) is 0 Å². The van der Waals surface area contributed by atoms with Crippen LogP contribution in [0.15, 0.2) is 34.9 Å². The molecule has 0 amide bonds. The van der Waals surface area contributed by atoms with Crippen molar-refractivity contribution in [2.45, 2.75) is 26.1 Å². The highest BCUT2D eigenvalue weighted by atomic mass is 16.3. The van der Waals surface area contributed by atoms with E-state index < -0.39 is 6.23 Å². The van der Waals surface area contributed by atoms with E-state index in [-0.39, 0.29) is 6.04 Å². The smallest absolute Gasteiger partial charge is 0.191 e. The van der Waals surface area contributed by atoms with Gasteiger partial charge in [-0.2, -0.15) is 5.26 Å². The zero-order valence-electron chi connectivity index (χ0n) is 12.3. The van der Waals surface area contributed by atoms with Crippen molar-refractivity contribution in [1.29, 1.82) is 5.26 Å². The van der Waals surface area contributed by atoms with Crippen LogP contribution in [0.25, 0.3) is 10.9 Å². The van der Waals surface area contributed by atoms with Gasteiger partial charge in [-0.05, 0) is 31.2 Å². The molecule has 0 bridgehead atoms. The number of rotatable bonds is 4. The molecule has 0 radical (unpaired) electrons. The van der Waals surface area contributed by atoms with E-state index in [9.17, 15) is 5.11 Å². The second-order valence-electron chi connectivity index (χ2n) is 5.22. The topological polar surface area (TPSA) is 97.9 Å². The average Bonchev–Trinajstić information content (AvgIpc) is 3.12. The molecule has 0 saturated heterocycles. The van der Waals surface area contributed by atoms with Crippen LogP contribution >= 0.6 is 0 Å². The highest BCUT2D eigenvalue weighted by molar-refractivity contribution is 5.81. The van der Waals surface area contributed by atoms with Crippen molar-refractivity contribution in [3.63, 3.8) is 0 Å². The maximum atomic E-state index is 10.3. The summed E-state index contributed by atoms with van der Waals surface area (Å²) >= 11 is 0. The number of oxazole rings is 1. The molecule has 112 valence electrons. The predicted octanol–water partition coefficient (Wildman–Crippen LogP) is 2.68. The SMILES string of the molecule is Cc1nc(C(C)NC(O)c2cc3cc(C#N)ccc3[nH]2)co1. The van der Waals surface area contributed by atoms with Crippen LogP contribution in [-0.4, -0.2) is 15.1 Å². The summed E-state index contributed by atoms with van der Waals surface area (Å²) in [7, 11) is 0. The summed E-state index contributed by atoms with van der Waals surface area (Å²) in [5.41, 5.74) is 2.84. The van der Waals surface area contributed by atoms with Gasteiger partial charge in [0.2, 0.25) is 0 Å².